The second kappa shape index (κ2) is 5.56. The topological polar surface area (TPSA) is 20.2 Å². The van der Waals surface area contributed by atoms with Gasteiger partial charge in [-0.1, -0.05) is 45.0 Å². The van der Waals surface area contributed by atoms with Crippen LogP contribution in [0.2, 0.25) is 0 Å². The summed E-state index contributed by atoms with van der Waals surface area (Å²) in [4.78, 5) is 1.07. The SMILES string of the molecule is CC(C)(C)c1ccc(CC(O)c2cc3sccc3s2)cc1. The molecule has 3 rings (SSSR count). The monoisotopic (exact) mass is 316 g/mol. The molecule has 2 heterocycles. The predicted octanol–water partition coefficient (Wildman–Crippen LogP) is 5.54. The second-order valence-electron chi connectivity index (χ2n) is 6.46. The number of rotatable bonds is 3. The highest BCUT2D eigenvalue weighted by Gasteiger charge is 2.15. The van der Waals surface area contributed by atoms with Crippen LogP contribution in [0.15, 0.2) is 41.8 Å². The molecule has 0 radical (unpaired) electrons. The molecule has 1 atom stereocenters. The third kappa shape index (κ3) is 3.20. The number of fused-ring (bicyclic) bond motifs is 1. The van der Waals surface area contributed by atoms with Crippen molar-refractivity contribution in [1.29, 1.82) is 0 Å². The van der Waals surface area contributed by atoms with Crippen molar-refractivity contribution in [1.82, 2.24) is 0 Å². The Hall–Kier alpha value is -1.16. The fraction of sp³-hybridized carbons (Fsp3) is 0.333. The Morgan fingerprint density at radius 2 is 1.76 bits per heavy atom. The average molecular weight is 316 g/mol. The van der Waals surface area contributed by atoms with Gasteiger partial charge in [0.25, 0.3) is 0 Å². The molecular weight excluding hydrogens is 296 g/mol. The van der Waals surface area contributed by atoms with Gasteiger partial charge in [-0.15, -0.1) is 22.7 Å². The van der Waals surface area contributed by atoms with Crippen LogP contribution < -0.4 is 0 Å². The minimum atomic E-state index is -0.407. The normalized spacial score (nSPS) is 13.7. The van der Waals surface area contributed by atoms with Gasteiger partial charge in [0.05, 0.1) is 6.10 Å². The molecule has 0 amide bonds. The summed E-state index contributed by atoms with van der Waals surface area (Å²) in [5.41, 5.74) is 2.69. The number of hydrogen-bond donors (Lipinski definition) is 1. The van der Waals surface area contributed by atoms with Crippen LogP contribution in [0.1, 0.15) is 42.9 Å². The molecule has 1 nitrogen and oxygen atoms in total. The Balaban J connectivity index is 1.75. The third-order valence-electron chi connectivity index (χ3n) is 3.74. The van der Waals surface area contributed by atoms with Crippen molar-refractivity contribution < 1.29 is 5.11 Å². The van der Waals surface area contributed by atoms with Gasteiger partial charge in [-0.25, -0.2) is 0 Å². The molecular formula is C18H20OS2. The highest BCUT2D eigenvalue weighted by Crippen LogP contribution is 2.34. The zero-order valence-electron chi connectivity index (χ0n) is 12.6. The van der Waals surface area contributed by atoms with Gasteiger partial charge in [-0.2, -0.15) is 0 Å². The molecule has 3 aromatic rings. The predicted molar refractivity (Wildman–Crippen MR) is 93.5 cm³/mol. The molecule has 2 aromatic heterocycles. The average Bonchev–Trinajstić information content (AvgIpc) is 2.98. The molecule has 21 heavy (non-hydrogen) atoms. The number of benzene rings is 1. The Morgan fingerprint density at radius 1 is 1.05 bits per heavy atom. The van der Waals surface area contributed by atoms with E-state index in [2.05, 4.69) is 62.5 Å². The zero-order valence-corrected chi connectivity index (χ0v) is 14.2. The first-order valence-corrected chi connectivity index (χ1v) is 8.87. The largest absolute Gasteiger partial charge is 0.387 e. The summed E-state index contributed by atoms with van der Waals surface area (Å²) >= 11 is 3.43. The molecule has 0 aliphatic rings. The van der Waals surface area contributed by atoms with E-state index in [0.29, 0.717) is 6.42 Å². The number of hydrogen-bond acceptors (Lipinski definition) is 3. The van der Waals surface area contributed by atoms with Gasteiger partial charge >= 0.3 is 0 Å². The van der Waals surface area contributed by atoms with Gasteiger partial charge in [-0.3, -0.25) is 0 Å². The van der Waals surface area contributed by atoms with Crippen molar-refractivity contribution in [2.24, 2.45) is 0 Å². The summed E-state index contributed by atoms with van der Waals surface area (Å²) in [6.07, 6.45) is 0.271. The maximum Gasteiger partial charge on any atom is 0.0922 e. The van der Waals surface area contributed by atoms with Crippen LogP contribution in [0, 0.1) is 0 Å². The standard InChI is InChI=1S/C18H20OS2/c1-18(2,3)13-6-4-12(5-7-13)10-14(19)16-11-17-15(21-16)8-9-20-17/h4-9,11,14,19H,10H2,1-3H3. The van der Waals surface area contributed by atoms with E-state index in [0.717, 1.165) is 4.88 Å². The molecule has 0 aliphatic carbocycles. The van der Waals surface area contributed by atoms with Crippen LogP contribution in [0.3, 0.4) is 0 Å². The Bertz CT molecular complexity index is 700. The summed E-state index contributed by atoms with van der Waals surface area (Å²) in [6, 6.07) is 12.9. The first-order chi connectivity index (χ1) is 9.93. The summed E-state index contributed by atoms with van der Waals surface area (Å²) in [6.45, 7) is 6.65. The minimum Gasteiger partial charge on any atom is -0.387 e. The van der Waals surface area contributed by atoms with Crippen LogP contribution in [0.25, 0.3) is 9.40 Å². The lowest BCUT2D eigenvalue weighted by Gasteiger charge is -2.19. The fourth-order valence-electron chi connectivity index (χ4n) is 2.41. The van der Waals surface area contributed by atoms with Crippen LogP contribution in [-0.2, 0) is 11.8 Å². The van der Waals surface area contributed by atoms with Crippen LogP contribution in [0.4, 0.5) is 0 Å². The van der Waals surface area contributed by atoms with Gasteiger partial charge in [0.2, 0.25) is 0 Å². The van der Waals surface area contributed by atoms with Gasteiger partial charge in [-0.05, 0) is 34.1 Å². The highest BCUT2D eigenvalue weighted by atomic mass is 32.1. The van der Waals surface area contributed by atoms with Gasteiger partial charge in [0.1, 0.15) is 0 Å². The molecule has 110 valence electrons. The molecule has 0 aliphatic heterocycles. The molecule has 0 fully saturated rings. The van der Waals surface area contributed by atoms with Crippen molar-refractivity contribution >= 4 is 32.1 Å². The van der Waals surface area contributed by atoms with E-state index in [1.165, 1.54) is 20.5 Å². The van der Waals surface area contributed by atoms with E-state index in [-0.39, 0.29) is 5.41 Å². The van der Waals surface area contributed by atoms with Gasteiger partial charge in [0, 0.05) is 20.7 Å². The molecule has 0 bridgehead atoms. The van der Waals surface area contributed by atoms with E-state index in [4.69, 9.17) is 0 Å². The highest BCUT2D eigenvalue weighted by molar-refractivity contribution is 7.26. The molecule has 0 saturated heterocycles. The van der Waals surface area contributed by atoms with Crippen molar-refractivity contribution in [2.75, 3.05) is 0 Å². The van der Waals surface area contributed by atoms with E-state index < -0.39 is 6.10 Å². The molecule has 1 N–H and O–H groups in total. The van der Waals surface area contributed by atoms with Crippen molar-refractivity contribution in [3.05, 3.63) is 57.8 Å². The summed E-state index contributed by atoms with van der Waals surface area (Å²) in [7, 11) is 0. The summed E-state index contributed by atoms with van der Waals surface area (Å²) in [5, 5.41) is 12.5. The van der Waals surface area contributed by atoms with Crippen molar-refractivity contribution in [3.63, 3.8) is 0 Å². The van der Waals surface area contributed by atoms with E-state index in [1.807, 2.05) is 0 Å². The fourth-order valence-corrected chi connectivity index (χ4v) is 4.52. The van der Waals surface area contributed by atoms with E-state index >= 15 is 0 Å². The molecule has 1 unspecified atom stereocenters. The van der Waals surface area contributed by atoms with Crippen molar-refractivity contribution in [2.45, 2.75) is 38.7 Å². The quantitative estimate of drug-likeness (QED) is 0.673. The molecule has 1 aromatic carbocycles. The lowest BCUT2D eigenvalue weighted by Crippen LogP contribution is -2.11. The van der Waals surface area contributed by atoms with Crippen LogP contribution >= 0.6 is 22.7 Å². The number of thiophene rings is 2. The molecule has 0 saturated carbocycles. The van der Waals surface area contributed by atoms with E-state index in [9.17, 15) is 5.11 Å². The lowest BCUT2D eigenvalue weighted by atomic mass is 9.86. The molecule has 3 heteroatoms. The Kier molecular flexibility index (Phi) is 3.91. The Labute approximate surface area is 133 Å². The second-order valence-corrected chi connectivity index (χ2v) is 8.53. The Morgan fingerprint density at radius 3 is 2.38 bits per heavy atom. The zero-order chi connectivity index (χ0) is 15.0. The molecule has 0 spiro atoms. The van der Waals surface area contributed by atoms with Gasteiger partial charge in [0.15, 0.2) is 0 Å². The van der Waals surface area contributed by atoms with Crippen molar-refractivity contribution in [3.8, 4) is 0 Å². The van der Waals surface area contributed by atoms with E-state index in [1.54, 1.807) is 22.7 Å². The van der Waals surface area contributed by atoms with Gasteiger partial charge < -0.3 is 5.11 Å². The number of aliphatic hydroxyl groups is 1. The van der Waals surface area contributed by atoms with Crippen LogP contribution in [-0.4, -0.2) is 5.11 Å². The minimum absolute atomic E-state index is 0.176. The summed E-state index contributed by atoms with van der Waals surface area (Å²) in [5.74, 6) is 0. The third-order valence-corrected chi connectivity index (χ3v) is 5.93. The number of aliphatic hydroxyl groups excluding tert-OH is 1. The maximum absolute atomic E-state index is 10.4. The first kappa shape index (κ1) is 14.8. The lowest BCUT2D eigenvalue weighted by molar-refractivity contribution is 0.182. The summed E-state index contributed by atoms with van der Waals surface area (Å²) < 4.78 is 2.55. The first-order valence-electron chi connectivity index (χ1n) is 7.18. The van der Waals surface area contributed by atoms with Crippen LogP contribution in [0.5, 0.6) is 0 Å². The maximum atomic E-state index is 10.4. The smallest absolute Gasteiger partial charge is 0.0922 e.